The number of aromatic nitrogens is 3. The summed E-state index contributed by atoms with van der Waals surface area (Å²) in [5.41, 5.74) is 8.72. The Morgan fingerprint density at radius 2 is 1.42 bits per heavy atom. The number of hydrogen-bond acceptors (Lipinski definition) is 4. The topological polar surface area (TPSA) is 72.4 Å². The van der Waals surface area contributed by atoms with Crippen LogP contribution in [-0.2, 0) is 44.4 Å². The van der Waals surface area contributed by atoms with Gasteiger partial charge in [-0.2, -0.15) is 0 Å². The van der Waals surface area contributed by atoms with Gasteiger partial charge in [0.1, 0.15) is 0 Å². The largest absolute Gasteiger partial charge is 0.512 e. The van der Waals surface area contributed by atoms with E-state index < -0.39 is 0 Å². The van der Waals surface area contributed by atoms with Crippen molar-refractivity contribution in [2.24, 2.45) is 30.9 Å². The van der Waals surface area contributed by atoms with Gasteiger partial charge < -0.3 is 14.2 Å². The summed E-state index contributed by atoms with van der Waals surface area (Å²) in [6, 6.07) is 25.3. The van der Waals surface area contributed by atoms with Crippen LogP contribution in [-0.4, -0.2) is 30.5 Å². The number of rotatable bonds is 9. The number of imidazole rings is 1. The number of carbonyl (C=O) groups excluding carboxylic acids is 1. The van der Waals surface area contributed by atoms with Crippen molar-refractivity contribution < 1.29 is 30.0 Å². The standard InChI is InChI=1S/C32H35N4.C13H24O2.Ir/c1-31(2,3)26-18-24(17-23-11-9-10-12-25(23)26)27-19-22(15-16-33-27)21-13-14-28-29(20-21)36(8)30(35(28)7)34-32(4,5)6;1-5-10(6-2)12(14)9-13(15)11(7-3)8-4;/h9-16,18-20H,1-8H3;9-11,14H,5-8H2,1-4H3;/q-1;;/b;12-9-;. The van der Waals surface area contributed by atoms with Crippen LogP contribution in [0.2, 0.25) is 0 Å². The van der Waals surface area contributed by atoms with E-state index in [-0.39, 0.29) is 54.4 Å². The second kappa shape index (κ2) is 17.8. The molecule has 281 valence electrons. The van der Waals surface area contributed by atoms with E-state index in [0.29, 0.717) is 0 Å². The van der Waals surface area contributed by atoms with Crippen molar-refractivity contribution in [3.8, 4) is 22.4 Å². The van der Waals surface area contributed by atoms with Gasteiger partial charge in [0.15, 0.2) is 5.78 Å². The number of aliphatic hydroxyl groups excluding tert-OH is 1. The summed E-state index contributed by atoms with van der Waals surface area (Å²) in [6.07, 6.45) is 6.81. The third-order valence-corrected chi connectivity index (χ3v) is 9.77. The molecule has 52 heavy (non-hydrogen) atoms. The average molecular weight is 880 g/mol. The van der Waals surface area contributed by atoms with E-state index in [9.17, 15) is 9.90 Å². The molecule has 0 saturated heterocycles. The fraction of sp³-hybridized carbons (Fsp3) is 0.444. The molecule has 0 unspecified atom stereocenters. The average Bonchev–Trinajstić information content (AvgIpc) is 3.31. The molecular formula is C45H59IrN4O2-. The SMILES string of the molecule is CCC(CC)C(=O)/C=C(\O)C(CC)CC.Cn1c(=NC(C)(C)C)n(C)c2cc(-c3ccnc(-c4[c-]c5ccccc5c(C(C)(C)C)c4)c3)ccc21.[Ir]. The Morgan fingerprint density at radius 1 is 0.827 bits per heavy atom. The molecule has 0 aliphatic carbocycles. The fourth-order valence-electron chi connectivity index (χ4n) is 6.67. The van der Waals surface area contributed by atoms with Gasteiger partial charge in [0.2, 0.25) is 5.62 Å². The molecule has 0 amide bonds. The zero-order chi connectivity index (χ0) is 37.7. The third kappa shape index (κ3) is 9.99. The maximum Gasteiger partial charge on any atom is 0.205 e. The van der Waals surface area contributed by atoms with E-state index in [1.807, 2.05) is 33.9 Å². The molecule has 0 aliphatic rings. The first-order valence-electron chi connectivity index (χ1n) is 18.6. The second-order valence-electron chi connectivity index (χ2n) is 15.7. The molecule has 2 heterocycles. The number of ketones is 1. The van der Waals surface area contributed by atoms with E-state index in [1.54, 1.807) is 0 Å². The first kappa shape index (κ1) is 42.6. The number of nitrogens with zero attached hydrogens (tertiary/aromatic N) is 4. The van der Waals surface area contributed by atoms with Gasteiger partial charge in [0.25, 0.3) is 0 Å². The van der Waals surface area contributed by atoms with E-state index in [1.165, 1.54) is 17.0 Å². The molecule has 0 saturated carbocycles. The third-order valence-electron chi connectivity index (χ3n) is 9.77. The zero-order valence-corrected chi connectivity index (χ0v) is 35.8. The van der Waals surface area contributed by atoms with Crippen molar-refractivity contribution in [1.82, 2.24) is 14.1 Å². The zero-order valence-electron chi connectivity index (χ0n) is 33.4. The van der Waals surface area contributed by atoms with Gasteiger partial charge in [0.05, 0.1) is 22.3 Å². The summed E-state index contributed by atoms with van der Waals surface area (Å²) in [5.74, 6) is 0.547. The van der Waals surface area contributed by atoms with E-state index in [4.69, 9.17) is 9.98 Å². The number of allylic oxidation sites excluding steroid dienone is 2. The van der Waals surface area contributed by atoms with Crippen molar-refractivity contribution >= 4 is 27.6 Å². The Hall–Kier alpha value is -3.80. The minimum atomic E-state index is -0.148. The number of benzene rings is 3. The van der Waals surface area contributed by atoms with Crippen LogP contribution < -0.4 is 5.62 Å². The quantitative estimate of drug-likeness (QED) is 0.0911. The van der Waals surface area contributed by atoms with Crippen molar-refractivity contribution in [2.75, 3.05) is 0 Å². The molecule has 1 radical (unpaired) electrons. The number of carbonyl (C=O) groups is 1. The van der Waals surface area contributed by atoms with E-state index in [0.717, 1.165) is 70.1 Å². The number of aryl methyl sites for hydroxylation is 2. The Balaban J connectivity index is 0.000000389. The molecule has 0 atom stereocenters. The van der Waals surface area contributed by atoms with Crippen LogP contribution in [0, 0.1) is 17.9 Å². The molecule has 1 N–H and O–H groups in total. The van der Waals surface area contributed by atoms with Gasteiger partial charge in [-0.15, -0.1) is 29.1 Å². The van der Waals surface area contributed by atoms with Crippen LogP contribution in [0.1, 0.15) is 100 Å². The Morgan fingerprint density at radius 3 is 2.02 bits per heavy atom. The maximum absolute atomic E-state index is 11.7. The Bertz CT molecular complexity index is 2080. The summed E-state index contributed by atoms with van der Waals surface area (Å²) < 4.78 is 4.35. The van der Waals surface area contributed by atoms with E-state index in [2.05, 4.69) is 132 Å². The second-order valence-corrected chi connectivity index (χ2v) is 15.7. The summed E-state index contributed by atoms with van der Waals surface area (Å²) in [5, 5.41) is 12.1. The van der Waals surface area contributed by atoms with Crippen LogP contribution in [0.25, 0.3) is 44.2 Å². The predicted molar refractivity (Wildman–Crippen MR) is 215 cm³/mol. The molecule has 2 aromatic heterocycles. The number of aliphatic hydroxyl groups is 1. The van der Waals surface area contributed by atoms with Crippen LogP contribution >= 0.6 is 0 Å². The molecule has 6 nitrogen and oxygen atoms in total. The molecular weight excluding hydrogens is 821 g/mol. The summed E-state index contributed by atoms with van der Waals surface area (Å²) >= 11 is 0. The molecule has 0 fully saturated rings. The fourth-order valence-corrected chi connectivity index (χ4v) is 6.67. The predicted octanol–water partition coefficient (Wildman–Crippen LogP) is 11.1. The normalized spacial score (nSPS) is 12.7. The van der Waals surface area contributed by atoms with Crippen molar-refractivity contribution in [3.63, 3.8) is 0 Å². The van der Waals surface area contributed by atoms with Crippen molar-refractivity contribution in [1.29, 1.82) is 0 Å². The molecule has 0 aliphatic heterocycles. The smallest absolute Gasteiger partial charge is 0.205 e. The molecule has 5 rings (SSSR count). The van der Waals surface area contributed by atoms with Gasteiger partial charge in [-0.3, -0.25) is 9.78 Å². The van der Waals surface area contributed by atoms with E-state index >= 15 is 0 Å². The van der Waals surface area contributed by atoms with Crippen LogP contribution in [0.5, 0.6) is 0 Å². The van der Waals surface area contributed by atoms with Gasteiger partial charge in [-0.1, -0.05) is 89.7 Å². The molecule has 0 spiro atoms. The monoisotopic (exact) mass is 880 g/mol. The number of pyridine rings is 1. The summed E-state index contributed by atoms with van der Waals surface area (Å²) in [6.45, 7) is 21.2. The summed E-state index contributed by atoms with van der Waals surface area (Å²) in [4.78, 5) is 21.4. The van der Waals surface area contributed by atoms with Gasteiger partial charge >= 0.3 is 0 Å². The summed E-state index contributed by atoms with van der Waals surface area (Å²) in [7, 11) is 4.17. The maximum atomic E-state index is 11.7. The molecule has 5 aromatic rings. The van der Waals surface area contributed by atoms with Crippen LogP contribution in [0.15, 0.2) is 83.7 Å². The molecule has 0 bridgehead atoms. The molecule has 7 heteroatoms. The van der Waals surface area contributed by atoms with Crippen molar-refractivity contribution in [2.45, 2.75) is 106 Å². The number of hydrogen-bond donors (Lipinski definition) is 1. The Labute approximate surface area is 325 Å². The minimum absolute atomic E-state index is 0. The van der Waals surface area contributed by atoms with Gasteiger partial charge in [-0.05, 0) is 81.2 Å². The van der Waals surface area contributed by atoms with Crippen molar-refractivity contribution in [3.05, 3.63) is 95.9 Å². The number of fused-ring (bicyclic) bond motifs is 2. The van der Waals surface area contributed by atoms with Crippen LogP contribution in [0.3, 0.4) is 0 Å². The first-order chi connectivity index (χ1) is 24.0. The minimum Gasteiger partial charge on any atom is -0.512 e. The van der Waals surface area contributed by atoms with Gasteiger partial charge in [0, 0.05) is 64.0 Å². The molecule has 3 aromatic carbocycles. The van der Waals surface area contributed by atoms with Crippen LogP contribution in [0.4, 0.5) is 0 Å². The van der Waals surface area contributed by atoms with Gasteiger partial charge in [-0.25, -0.2) is 4.99 Å². The Kier molecular flexibility index (Phi) is 14.6. The first-order valence-corrected chi connectivity index (χ1v) is 18.6.